The Morgan fingerprint density at radius 3 is 2.35 bits per heavy atom. The molecule has 0 radical (unpaired) electrons. The molecular weight excluding hydrogens is 364 g/mol. The van der Waals surface area contributed by atoms with Crippen molar-refractivity contribution in [2.24, 2.45) is 0 Å². The third-order valence-electron chi connectivity index (χ3n) is 3.63. The minimum absolute atomic E-state index is 0.00505. The van der Waals surface area contributed by atoms with E-state index in [4.69, 9.17) is 0 Å². The van der Waals surface area contributed by atoms with Gasteiger partial charge in [0.25, 0.3) is 21.5 Å². The maximum absolute atomic E-state index is 12.7. The van der Waals surface area contributed by atoms with E-state index in [1.165, 1.54) is 19.1 Å². The highest BCUT2D eigenvalue weighted by molar-refractivity contribution is 7.92. The first-order valence-electron chi connectivity index (χ1n) is 7.47. The summed E-state index contributed by atoms with van der Waals surface area (Å²) in [6, 6.07) is 2.98. The number of fused-ring (bicyclic) bond motifs is 1. The Labute approximate surface area is 148 Å². The maximum Gasteiger partial charge on any atom is 0.349 e. The average molecular weight is 382 g/mol. The van der Waals surface area contributed by atoms with E-state index in [9.17, 15) is 27.6 Å². The SMILES string of the molecule is CC(=O)NCc1cc2c(=O)n(N(C(C)=O)S(C)(=O)=O)c(=O)[nH]c2cc1C. The first-order chi connectivity index (χ1) is 11.9. The van der Waals surface area contributed by atoms with Crippen LogP contribution in [0.5, 0.6) is 0 Å². The molecule has 2 amide bonds. The molecule has 10 nitrogen and oxygen atoms in total. The highest BCUT2D eigenvalue weighted by atomic mass is 32.2. The Balaban J connectivity index is 2.81. The second-order valence-corrected chi connectivity index (χ2v) is 7.62. The van der Waals surface area contributed by atoms with Crippen molar-refractivity contribution in [3.05, 3.63) is 44.1 Å². The van der Waals surface area contributed by atoms with Gasteiger partial charge < -0.3 is 10.3 Å². The van der Waals surface area contributed by atoms with Gasteiger partial charge in [-0.2, -0.15) is 0 Å². The number of carbonyl (C=O) groups is 2. The van der Waals surface area contributed by atoms with Gasteiger partial charge in [-0.15, -0.1) is 9.09 Å². The van der Waals surface area contributed by atoms with Crippen LogP contribution in [0, 0.1) is 6.92 Å². The monoisotopic (exact) mass is 382 g/mol. The largest absolute Gasteiger partial charge is 0.352 e. The molecule has 0 bridgehead atoms. The number of nitrogens with one attached hydrogen (secondary N) is 2. The average Bonchev–Trinajstić information content (AvgIpc) is 2.47. The molecule has 2 N–H and O–H groups in total. The van der Waals surface area contributed by atoms with E-state index < -0.39 is 27.2 Å². The number of rotatable bonds is 4. The molecule has 2 aromatic rings. The highest BCUT2D eigenvalue weighted by Crippen LogP contribution is 2.15. The summed E-state index contributed by atoms with van der Waals surface area (Å²) < 4.78 is 24.1. The summed E-state index contributed by atoms with van der Waals surface area (Å²) in [7, 11) is -4.20. The molecule has 0 saturated carbocycles. The van der Waals surface area contributed by atoms with Crippen molar-refractivity contribution >= 4 is 32.7 Å². The molecule has 11 heteroatoms. The molecule has 0 aliphatic rings. The van der Waals surface area contributed by atoms with Crippen LogP contribution in [0.4, 0.5) is 0 Å². The summed E-state index contributed by atoms with van der Waals surface area (Å²) >= 11 is 0. The number of hydrogen-bond donors (Lipinski definition) is 2. The fourth-order valence-electron chi connectivity index (χ4n) is 2.51. The normalized spacial score (nSPS) is 11.4. The number of aryl methyl sites for hydroxylation is 1. The van der Waals surface area contributed by atoms with Crippen LogP contribution < -0.4 is 21.0 Å². The molecule has 1 aromatic heterocycles. The van der Waals surface area contributed by atoms with Gasteiger partial charge >= 0.3 is 5.69 Å². The number of amides is 2. The van der Waals surface area contributed by atoms with Gasteiger partial charge in [0.2, 0.25) is 5.91 Å². The lowest BCUT2D eigenvalue weighted by molar-refractivity contribution is -0.119. The maximum atomic E-state index is 12.7. The van der Waals surface area contributed by atoms with E-state index in [2.05, 4.69) is 10.3 Å². The van der Waals surface area contributed by atoms with Crippen molar-refractivity contribution in [2.45, 2.75) is 27.3 Å². The van der Waals surface area contributed by atoms with Crippen LogP contribution >= 0.6 is 0 Å². The summed E-state index contributed by atoms with van der Waals surface area (Å²) in [4.78, 5) is 50.2. The van der Waals surface area contributed by atoms with Crippen molar-refractivity contribution in [1.29, 1.82) is 0 Å². The molecule has 140 valence electrons. The predicted molar refractivity (Wildman–Crippen MR) is 94.8 cm³/mol. The van der Waals surface area contributed by atoms with Crippen LogP contribution in [0.15, 0.2) is 21.7 Å². The van der Waals surface area contributed by atoms with Crippen molar-refractivity contribution in [3.63, 3.8) is 0 Å². The lowest BCUT2D eigenvalue weighted by atomic mass is 10.1. The van der Waals surface area contributed by atoms with E-state index in [1.54, 1.807) is 6.92 Å². The van der Waals surface area contributed by atoms with Gasteiger partial charge in [-0.1, -0.05) is 0 Å². The molecule has 26 heavy (non-hydrogen) atoms. The van der Waals surface area contributed by atoms with Crippen LogP contribution in [0.1, 0.15) is 25.0 Å². The molecule has 1 heterocycles. The van der Waals surface area contributed by atoms with Crippen molar-refractivity contribution in [3.8, 4) is 0 Å². The first kappa shape index (κ1) is 19.4. The Morgan fingerprint density at radius 1 is 1.23 bits per heavy atom. The molecule has 0 unspecified atom stereocenters. The Hall–Kier alpha value is -2.95. The van der Waals surface area contributed by atoms with Crippen molar-refractivity contribution < 1.29 is 18.0 Å². The lowest BCUT2D eigenvalue weighted by Crippen LogP contribution is -2.55. The van der Waals surface area contributed by atoms with E-state index in [0.717, 1.165) is 6.92 Å². The smallest absolute Gasteiger partial charge is 0.349 e. The summed E-state index contributed by atoms with van der Waals surface area (Å²) in [5, 5.41) is 2.60. The zero-order valence-electron chi connectivity index (χ0n) is 14.6. The zero-order valence-corrected chi connectivity index (χ0v) is 15.4. The van der Waals surface area contributed by atoms with E-state index >= 15 is 0 Å². The molecule has 0 saturated heterocycles. The third-order valence-corrected chi connectivity index (χ3v) is 4.67. The van der Waals surface area contributed by atoms with Crippen LogP contribution in [0.25, 0.3) is 10.9 Å². The minimum atomic E-state index is -4.20. The summed E-state index contributed by atoms with van der Waals surface area (Å²) in [5.74, 6) is -1.27. The number of aromatic nitrogens is 2. The van der Waals surface area contributed by atoms with Gasteiger partial charge in [-0.25, -0.2) is 13.2 Å². The number of carbonyl (C=O) groups excluding carboxylic acids is 2. The Kier molecular flexibility index (Phi) is 5.03. The fourth-order valence-corrected chi connectivity index (χ4v) is 3.42. The first-order valence-corrected chi connectivity index (χ1v) is 9.32. The Bertz CT molecular complexity index is 1130. The Morgan fingerprint density at radius 2 is 1.85 bits per heavy atom. The van der Waals surface area contributed by atoms with Crippen molar-refractivity contribution in [2.75, 3.05) is 10.7 Å². The van der Waals surface area contributed by atoms with Gasteiger partial charge in [0.1, 0.15) is 0 Å². The number of sulfonamides is 1. The predicted octanol–water partition coefficient (Wildman–Crippen LogP) is -0.922. The number of nitrogens with zero attached hydrogens (tertiary/aromatic N) is 2. The molecule has 0 aliphatic carbocycles. The molecule has 2 rings (SSSR count). The number of H-pyrrole nitrogens is 1. The summed E-state index contributed by atoms with van der Waals surface area (Å²) in [6.45, 7) is 4.16. The number of hydrogen-bond acceptors (Lipinski definition) is 6. The van der Waals surface area contributed by atoms with Crippen LogP contribution in [-0.4, -0.2) is 36.1 Å². The molecule has 0 aliphatic heterocycles. The third kappa shape index (κ3) is 3.67. The van der Waals surface area contributed by atoms with Gasteiger partial charge in [-0.3, -0.25) is 14.4 Å². The zero-order chi connectivity index (χ0) is 19.8. The topological polar surface area (TPSA) is 138 Å². The van der Waals surface area contributed by atoms with Crippen LogP contribution in [0.2, 0.25) is 0 Å². The molecule has 1 aromatic carbocycles. The van der Waals surface area contributed by atoms with Gasteiger partial charge in [0.15, 0.2) is 0 Å². The van der Waals surface area contributed by atoms with E-state index in [0.29, 0.717) is 17.4 Å². The number of benzene rings is 1. The molecule has 0 spiro atoms. The van der Waals surface area contributed by atoms with Gasteiger partial charge in [0.05, 0.1) is 17.2 Å². The highest BCUT2D eigenvalue weighted by Gasteiger charge is 2.26. The van der Waals surface area contributed by atoms with Gasteiger partial charge in [0, 0.05) is 20.4 Å². The summed E-state index contributed by atoms with van der Waals surface area (Å²) in [6.07, 6.45) is 0.710. The second-order valence-electron chi connectivity index (χ2n) is 5.81. The quantitative estimate of drug-likeness (QED) is 0.701. The molecular formula is C15H18N4O6S. The molecule has 0 fully saturated rings. The standard InChI is InChI=1S/C15H18N4O6S/c1-8-5-13-12(6-11(8)7-16-9(2)20)14(22)18(15(23)17-13)19(10(3)21)26(4,24)25/h5-6H,7H2,1-4H3,(H,16,20)(H,17,23). The van der Waals surface area contributed by atoms with Crippen LogP contribution in [-0.2, 0) is 26.2 Å². The van der Waals surface area contributed by atoms with E-state index in [-0.39, 0.29) is 32.4 Å². The van der Waals surface area contributed by atoms with E-state index in [1.807, 2.05) is 0 Å². The summed E-state index contributed by atoms with van der Waals surface area (Å²) in [5.41, 5.74) is -0.509. The second kappa shape index (κ2) is 6.75. The molecule has 0 atom stereocenters. The fraction of sp³-hybridized carbons (Fsp3) is 0.333. The minimum Gasteiger partial charge on any atom is -0.352 e. The number of aromatic amines is 1. The lowest BCUT2D eigenvalue weighted by Gasteiger charge is -2.19. The van der Waals surface area contributed by atoms with Crippen LogP contribution in [0.3, 0.4) is 0 Å². The van der Waals surface area contributed by atoms with Gasteiger partial charge in [-0.05, 0) is 30.2 Å². The van der Waals surface area contributed by atoms with Crippen molar-refractivity contribution in [1.82, 2.24) is 15.0 Å².